The second-order valence-electron chi connectivity index (χ2n) is 3.08. The van der Waals surface area contributed by atoms with Gasteiger partial charge in [-0.15, -0.1) is 0 Å². The molecule has 0 bridgehead atoms. The van der Waals surface area contributed by atoms with Crippen molar-refractivity contribution in [1.82, 2.24) is 0 Å². The molecule has 0 saturated carbocycles. The van der Waals surface area contributed by atoms with Crippen LogP contribution < -0.4 is 9.47 Å². The second-order valence-corrected chi connectivity index (χ2v) is 3.08. The maximum absolute atomic E-state index is 8.09. The smallest absolute Gasteiger partial charge is 0.161 e. The minimum absolute atomic E-state index is 0.386. The molecule has 0 aromatic heterocycles. The van der Waals surface area contributed by atoms with Crippen LogP contribution in [0.3, 0.4) is 0 Å². The van der Waals surface area contributed by atoms with Gasteiger partial charge in [0.05, 0.1) is 14.2 Å². The molecule has 0 heterocycles. The summed E-state index contributed by atoms with van der Waals surface area (Å²) in [7, 11) is 3.17. The highest BCUT2D eigenvalue weighted by atomic mass is 16.5. The van der Waals surface area contributed by atoms with Gasteiger partial charge in [0.2, 0.25) is 0 Å². The fraction of sp³-hybridized carbons (Fsp3) is 0.333. The van der Waals surface area contributed by atoms with Gasteiger partial charge in [0.1, 0.15) is 0 Å². The van der Waals surface area contributed by atoms with Crippen LogP contribution in [0.2, 0.25) is 0 Å². The number of ether oxygens (including phenoxy) is 2. The summed E-state index contributed by atoms with van der Waals surface area (Å²) in [4.78, 5) is 2.65. The Morgan fingerprint density at radius 3 is 2.71 bits per heavy atom. The van der Waals surface area contributed by atoms with Crippen molar-refractivity contribution < 1.29 is 9.47 Å². The summed E-state index contributed by atoms with van der Waals surface area (Å²) in [5, 5.41) is 3.40. The van der Waals surface area contributed by atoms with Crippen molar-refractivity contribution >= 4 is 0 Å². The number of benzene rings is 1. The first-order valence-electron chi connectivity index (χ1n) is 5.03. The fourth-order valence-corrected chi connectivity index (χ4v) is 1.23. The van der Waals surface area contributed by atoms with Crippen LogP contribution in [0.4, 0.5) is 0 Å². The molecule has 1 rings (SSSR count). The van der Waals surface area contributed by atoms with Crippen molar-refractivity contribution in [1.29, 1.82) is 0 Å². The summed E-state index contributed by atoms with van der Waals surface area (Å²) in [5.74, 6) is 7.20. The van der Waals surface area contributed by atoms with Gasteiger partial charge in [-0.05, 0) is 23.7 Å². The zero-order chi connectivity index (χ0) is 12.5. The van der Waals surface area contributed by atoms with Gasteiger partial charge in [-0.2, -0.15) is 0 Å². The quantitative estimate of drug-likeness (QED) is 0.263. The SMILES string of the molecule is COc1ccc(C#CCCN=[N+]=[N-])cc1OC. The van der Waals surface area contributed by atoms with E-state index in [2.05, 4.69) is 21.9 Å². The van der Waals surface area contributed by atoms with E-state index in [0.717, 1.165) is 5.56 Å². The van der Waals surface area contributed by atoms with Gasteiger partial charge in [0, 0.05) is 23.4 Å². The molecule has 0 fully saturated rings. The van der Waals surface area contributed by atoms with E-state index in [-0.39, 0.29) is 0 Å². The first-order chi connectivity index (χ1) is 8.31. The van der Waals surface area contributed by atoms with E-state index in [1.165, 1.54) is 0 Å². The number of hydrogen-bond donors (Lipinski definition) is 0. The van der Waals surface area contributed by atoms with Crippen LogP contribution in [0.1, 0.15) is 12.0 Å². The zero-order valence-electron chi connectivity index (χ0n) is 9.80. The van der Waals surface area contributed by atoms with Gasteiger partial charge < -0.3 is 9.47 Å². The lowest BCUT2D eigenvalue weighted by atomic mass is 10.2. The average molecular weight is 231 g/mol. The number of rotatable bonds is 4. The lowest BCUT2D eigenvalue weighted by molar-refractivity contribution is 0.355. The van der Waals surface area contributed by atoms with E-state index in [0.29, 0.717) is 24.5 Å². The number of hydrogen-bond acceptors (Lipinski definition) is 3. The summed E-state index contributed by atoms with van der Waals surface area (Å²) in [6.07, 6.45) is 0.540. The highest BCUT2D eigenvalue weighted by Crippen LogP contribution is 2.27. The van der Waals surface area contributed by atoms with Crippen molar-refractivity contribution in [3.05, 3.63) is 34.2 Å². The topological polar surface area (TPSA) is 67.2 Å². The van der Waals surface area contributed by atoms with Gasteiger partial charge in [-0.3, -0.25) is 0 Å². The molecule has 0 radical (unpaired) electrons. The molecule has 5 nitrogen and oxygen atoms in total. The average Bonchev–Trinajstić information content (AvgIpc) is 2.38. The minimum Gasteiger partial charge on any atom is -0.493 e. The summed E-state index contributed by atoms with van der Waals surface area (Å²) < 4.78 is 10.3. The molecule has 5 heteroatoms. The Bertz CT molecular complexity index is 482. The van der Waals surface area contributed by atoms with Gasteiger partial charge in [0.15, 0.2) is 11.5 Å². The first-order valence-corrected chi connectivity index (χ1v) is 5.03. The van der Waals surface area contributed by atoms with Gasteiger partial charge in [0.25, 0.3) is 0 Å². The number of azide groups is 1. The molecule has 0 saturated heterocycles. The largest absolute Gasteiger partial charge is 0.493 e. The molecule has 0 aliphatic heterocycles. The molecule has 0 spiro atoms. The molecular weight excluding hydrogens is 218 g/mol. The maximum atomic E-state index is 8.09. The summed E-state index contributed by atoms with van der Waals surface area (Å²) in [5.41, 5.74) is 8.92. The van der Waals surface area contributed by atoms with E-state index >= 15 is 0 Å². The van der Waals surface area contributed by atoms with E-state index in [4.69, 9.17) is 15.0 Å². The third kappa shape index (κ3) is 3.98. The van der Waals surface area contributed by atoms with Crippen LogP contribution in [-0.4, -0.2) is 20.8 Å². The highest BCUT2D eigenvalue weighted by Gasteiger charge is 2.02. The van der Waals surface area contributed by atoms with Crippen LogP contribution in [0.5, 0.6) is 11.5 Å². The summed E-state index contributed by atoms with van der Waals surface area (Å²) >= 11 is 0. The van der Waals surface area contributed by atoms with Crippen molar-refractivity contribution in [2.24, 2.45) is 5.11 Å². The van der Waals surface area contributed by atoms with E-state index in [1.807, 2.05) is 6.07 Å². The maximum Gasteiger partial charge on any atom is 0.161 e. The summed E-state index contributed by atoms with van der Waals surface area (Å²) in [6, 6.07) is 5.46. The Morgan fingerprint density at radius 2 is 2.06 bits per heavy atom. The molecule has 0 amide bonds. The number of methoxy groups -OCH3 is 2. The predicted molar refractivity (Wildman–Crippen MR) is 65.1 cm³/mol. The Kier molecular flexibility index (Phi) is 5.29. The van der Waals surface area contributed by atoms with Crippen LogP contribution >= 0.6 is 0 Å². The molecule has 88 valence electrons. The third-order valence-electron chi connectivity index (χ3n) is 2.02. The standard InChI is InChI=1S/C12H13N3O2/c1-16-11-7-6-10(9-12(11)17-2)5-3-4-8-14-15-13/h6-7,9H,4,8H2,1-2H3. The lowest BCUT2D eigenvalue weighted by Gasteiger charge is -2.06. The Hall–Kier alpha value is -2.31. The van der Waals surface area contributed by atoms with Gasteiger partial charge in [-0.1, -0.05) is 17.0 Å². The molecule has 0 N–H and O–H groups in total. The monoisotopic (exact) mass is 231 g/mol. The molecule has 17 heavy (non-hydrogen) atoms. The van der Waals surface area contributed by atoms with Crippen LogP contribution in [0.25, 0.3) is 10.4 Å². The zero-order valence-corrected chi connectivity index (χ0v) is 9.80. The minimum atomic E-state index is 0.386. The molecule has 1 aromatic carbocycles. The lowest BCUT2D eigenvalue weighted by Crippen LogP contribution is -1.90. The van der Waals surface area contributed by atoms with E-state index in [1.54, 1.807) is 26.4 Å². The van der Waals surface area contributed by atoms with Crippen molar-refractivity contribution in [3.8, 4) is 23.3 Å². The first kappa shape index (κ1) is 12.8. The predicted octanol–water partition coefficient (Wildman–Crippen LogP) is 2.76. The van der Waals surface area contributed by atoms with Crippen LogP contribution in [0.15, 0.2) is 23.3 Å². The fourth-order valence-electron chi connectivity index (χ4n) is 1.23. The highest BCUT2D eigenvalue weighted by molar-refractivity contribution is 5.48. The number of nitrogens with zero attached hydrogens (tertiary/aromatic N) is 3. The Balaban J connectivity index is 2.74. The molecule has 0 aliphatic rings. The molecule has 0 atom stereocenters. The van der Waals surface area contributed by atoms with Crippen molar-refractivity contribution in [2.75, 3.05) is 20.8 Å². The molecule has 0 aliphatic carbocycles. The van der Waals surface area contributed by atoms with Gasteiger partial charge in [-0.25, -0.2) is 0 Å². The molecule has 0 unspecified atom stereocenters. The third-order valence-corrected chi connectivity index (χ3v) is 2.02. The van der Waals surface area contributed by atoms with E-state index in [9.17, 15) is 0 Å². The Labute approximate surface area is 100.0 Å². The van der Waals surface area contributed by atoms with Crippen molar-refractivity contribution in [3.63, 3.8) is 0 Å². The summed E-state index contributed by atoms with van der Waals surface area (Å²) in [6.45, 7) is 0.386. The normalized spacial score (nSPS) is 8.59. The van der Waals surface area contributed by atoms with Crippen LogP contribution in [0, 0.1) is 11.8 Å². The Morgan fingerprint density at radius 1 is 1.29 bits per heavy atom. The molecular formula is C12H13N3O2. The van der Waals surface area contributed by atoms with E-state index < -0.39 is 0 Å². The second kappa shape index (κ2) is 7.04. The van der Waals surface area contributed by atoms with Gasteiger partial charge >= 0.3 is 0 Å². The van der Waals surface area contributed by atoms with Crippen LogP contribution in [-0.2, 0) is 0 Å². The molecule has 1 aromatic rings. The van der Waals surface area contributed by atoms with Crippen molar-refractivity contribution in [2.45, 2.75) is 6.42 Å².